The predicted molar refractivity (Wildman–Crippen MR) is 447 cm³/mol. The SMILES string of the molecule is O=C(O)c1ccc(-c2nc(-c3ccccc3)c(-c3ccc(Br)cc3)[nH]2)cc1.O=C(O)c1ccc(-c2nc(-c3ccccc3)c(-c3cccc4ccccc34)[nH]2)cc1.Oc1ccc(-c2nc(-c3ccccc3)c(-c3ccc(Br)cc3)[nH]2)cc1.Oc1cccc(-c2nc(-c3ccccc3)c(-c3cccc4ccccc34)[nH]2)c1. The zero-order valence-electron chi connectivity index (χ0n) is 58.6. The number of phenolic OH excluding ortho intramolecular Hbond substituents is 2. The van der Waals surface area contributed by atoms with Crippen LogP contribution >= 0.6 is 31.9 Å². The van der Waals surface area contributed by atoms with Crippen molar-refractivity contribution in [2.75, 3.05) is 0 Å². The summed E-state index contributed by atoms with van der Waals surface area (Å²) in [4.78, 5) is 55.6. The van der Waals surface area contributed by atoms with Gasteiger partial charge in [0.05, 0.1) is 56.7 Å². The maximum atomic E-state index is 11.2. The number of nitrogens with one attached hydrogen (secondary N) is 4. The lowest BCUT2D eigenvalue weighted by Gasteiger charge is -2.07. The molecular formula is C94H66Br2N8O6. The average molecular weight is 1560 g/mol. The van der Waals surface area contributed by atoms with Crippen LogP contribution in [0.15, 0.2) is 361 Å². The molecule has 18 aromatic rings. The number of rotatable bonds is 14. The van der Waals surface area contributed by atoms with Crippen molar-refractivity contribution in [3.8, 4) is 147 Å². The lowest BCUT2D eigenvalue weighted by Crippen LogP contribution is -1.95. The van der Waals surface area contributed by atoms with E-state index in [1.165, 1.54) is 10.8 Å². The third-order valence-corrected chi connectivity index (χ3v) is 19.5. The standard InChI is InChI=1S/C26H18N2O2.C25H18N2O.C22H15BrN2O2.C21H15BrN2O/c29-26(30)20-15-13-19(14-16-20)25-27-23(18-8-2-1-3-9-18)24(28-25)22-12-6-10-17-7-4-5-11-21(17)22;28-20-13-6-12-19(16-20)25-26-23(18-9-2-1-3-10-18)24(27-25)22-15-7-11-17-8-4-5-14-21(17)22;23-18-12-10-15(11-13-18)20-19(14-4-2-1-3-5-14)24-21(25-20)16-6-8-17(9-7-16)22(26)27;22-17-10-6-15(7-11-17)20-19(14-4-2-1-3-5-14)23-21(24-20)16-8-12-18(25)13-9-16/h1-16H,(H,27,28)(H,29,30);1-16,28H,(H,26,27);1-13H,(H,24,25)(H,26,27);1-13,25H,(H,23,24). The molecule has 16 heteroatoms. The van der Waals surface area contributed by atoms with Gasteiger partial charge in [-0.2, -0.15) is 0 Å². The molecule has 14 aromatic carbocycles. The van der Waals surface area contributed by atoms with Crippen LogP contribution in [0.1, 0.15) is 20.7 Å². The van der Waals surface area contributed by atoms with E-state index in [0.29, 0.717) is 11.6 Å². The van der Waals surface area contributed by atoms with Crippen molar-refractivity contribution in [1.29, 1.82) is 0 Å². The highest BCUT2D eigenvalue weighted by molar-refractivity contribution is 9.10. The van der Waals surface area contributed by atoms with Crippen LogP contribution in [0.5, 0.6) is 11.5 Å². The molecule has 4 aromatic heterocycles. The second kappa shape index (κ2) is 32.8. The molecule has 0 aliphatic rings. The van der Waals surface area contributed by atoms with E-state index in [9.17, 15) is 19.8 Å². The van der Waals surface area contributed by atoms with Gasteiger partial charge in [0.1, 0.15) is 34.8 Å². The molecule has 4 heterocycles. The Balaban J connectivity index is 0.000000117. The van der Waals surface area contributed by atoms with Gasteiger partial charge >= 0.3 is 11.9 Å². The van der Waals surface area contributed by atoms with Gasteiger partial charge in [0.2, 0.25) is 0 Å². The third kappa shape index (κ3) is 16.2. The number of benzene rings is 14. The molecule has 0 aliphatic carbocycles. The Kier molecular flexibility index (Phi) is 21.3. The quantitative estimate of drug-likeness (QED) is 0.0513. The van der Waals surface area contributed by atoms with Crippen molar-refractivity contribution in [1.82, 2.24) is 39.9 Å². The number of aromatic carboxylic acids is 2. The molecular weight excluding hydrogens is 1500 g/mol. The summed E-state index contributed by atoms with van der Waals surface area (Å²) < 4.78 is 2.05. The number of H-pyrrole nitrogens is 4. The molecule has 0 fully saturated rings. The number of aromatic amines is 4. The highest BCUT2D eigenvalue weighted by Gasteiger charge is 2.22. The molecule has 110 heavy (non-hydrogen) atoms. The van der Waals surface area contributed by atoms with Crippen LogP contribution in [0, 0.1) is 0 Å². The summed E-state index contributed by atoms with van der Waals surface area (Å²) in [6.07, 6.45) is 0. The average Bonchev–Trinajstić information content (AvgIpc) is 1.62. The van der Waals surface area contributed by atoms with E-state index < -0.39 is 11.9 Å². The fourth-order valence-corrected chi connectivity index (χ4v) is 13.5. The Labute approximate surface area is 649 Å². The molecule has 0 atom stereocenters. The number of hydrogen-bond donors (Lipinski definition) is 8. The molecule has 0 amide bonds. The highest BCUT2D eigenvalue weighted by Crippen LogP contribution is 2.41. The van der Waals surface area contributed by atoms with Gasteiger partial charge in [-0.3, -0.25) is 0 Å². The van der Waals surface area contributed by atoms with Crippen LogP contribution in [0.4, 0.5) is 0 Å². The number of aromatic nitrogens is 8. The number of fused-ring (bicyclic) bond motifs is 2. The van der Waals surface area contributed by atoms with Crippen LogP contribution in [0.2, 0.25) is 0 Å². The number of carboxylic acid groups (broad SMARTS) is 2. The smallest absolute Gasteiger partial charge is 0.335 e. The van der Waals surface area contributed by atoms with E-state index in [1.807, 2.05) is 170 Å². The van der Waals surface area contributed by atoms with E-state index >= 15 is 0 Å². The molecule has 0 unspecified atom stereocenters. The van der Waals surface area contributed by atoms with E-state index in [2.05, 4.69) is 161 Å². The number of carbonyl (C=O) groups is 2. The zero-order chi connectivity index (χ0) is 75.5. The van der Waals surface area contributed by atoms with Crippen LogP contribution in [-0.2, 0) is 0 Å². The zero-order valence-corrected chi connectivity index (χ0v) is 61.8. The molecule has 0 aliphatic heterocycles. The minimum Gasteiger partial charge on any atom is -0.508 e. The number of hydrogen-bond acceptors (Lipinski definition) is 8. The topological polar surface area (TPSA) is 230 Å². The van der Waals surface area contributed by atoms with Crippen LogP contribution in [-0.4, -0.2) is 72.2 Å². The molecule has 14 nitrogen and oxygen atoms in total. The Bertz CT molecular complexity index is 6220. The number of imidazole rings is 4. The largest absolute Gasteiger partial charge is 0.508 e. The summed E-state index contributed by atoms with van der Waals surface area (Å²) in [7, 11) is 0. The fraction of sp³-hybridized carbons (Fsp3) is 0. The van der Waals surface area contributed by atoms with Crippen molar-refractivity contribution < 1.29 is 30.0 Å². The van der Waals surface area contributed by atoms with Crippen molar-refractivity contribution >= 4 is 65.3 Å². The summed E-state index contributed by atoms with van der Waals surface area (Å²) in [5.74, 6) is 1.49. The molecule has 18 rings (SSSR count). The molecule has 0 spiro atoms. The normalized spacial score (nSPS) is 10.9. The minimum atomic E-state index is -0.943. The van der Waals surface area contributed by atoms with E-state index in [1.54, 1.807) is 72.8 Å². The summed E-state index contributed by atoms with van der Waals surface area (Å²) in [6.45, 7) is 0. The van der Waals surface area contributed by atoms with E-state index in [0.717, 1.165) is 144 Å². The first-order valence-corrected chi connectivity index (χ1v) is 36.8. The van der Waals surface area contributed by atoms with Crippen molar-refractivity contribution in [2.45, 2.75) is 0 Å². The molecule has 0 saturated heterocycles. The summed E-state index contributed by atoms with van der Waals surface area (Å²) >= 11 is 6.95. The maximum absolute atomic E-state index is 11.2. The van der Waals surface area contributed by atoms with Gasteiger partial charge in [-0.05, 0) is 106 Å². The summed E-state index contributed by atoms with van der Waals surface area (Å²) in [5, 5.41) is 42.3. The Morgan fingerprint density at radius 1 is 0.255 bits per heavy atom. The van der Waals surface area contributed by atoms with Gasteiger partial charge in [-0.15, -0.1) is 0 Å². The Hall–Kier alpha value is -14.1. The van der Waals surface area contributed by atoms with E-state index in [4.69, 9.17) is 30.1 Å². The van der Waals surface area contributed by atoms with Crippen molar-refractivity contribution in [2.24, 2.45) is 0 Å². The monoisotopic (exact) mass is 1560 g/mol. The number of nitrogens with zero attached hydrogens (tertiary/aromatic N) is 4. The van der Waals surface area contributed by atoms with Gasteiger partial charge < -0.3 is 40.4 Å². The second-order valence-electron chi connectivity index (χ2n) is 25.6. The van der Waals surface area contributed by atoms with Crippen LogP contribution < -0.4 is 0 Å². The molecule has 0 bridgehead atoms. The van der Waals surface area contributed by atoms with Crippen LogP contribution in [0.25, 0.3) is 157 Å². The van der Waals surface area contributed by atoms with Gasteiger partial charge in [0.25, 0.3) is 0 Å². The Morgan fingerprint density at radius 2 is 0.536 bits per heavy atom. The summed E-state index contributed by atoms with van der Waals surface area (Å²) in [6, 6.07) is 113. The van der Waals surface area contributed by atoms with Gasteiger partial charge in [-0.25, -0.2) is 29.5 Å². The molecule has 0 saturated carbocycles. The number of phenols is 2. The van der Waals surface area contributed by atoms with Gasteiger partial charge in [0, 0.05) is 75.7 Å². The second-order valence-corrected chi connectivity index (χ2v) is 27.5. The van der Waals surface area contributed by atoms with Crippen molar-refractivity contribution in [3.05, 3.63) is 372 Å². The first-order valence-electron chi connectivity index (χ1n) is 35.2. The first-order chi connectivity index (χ1) is 53.8. The van der Waals surface area contributed by atoms with Crippen LogP contribution in [0.3, 0.4) is 0 Å². The highest BCUT2D eigenvalue weighted by atomic mass is 79.9. The van der Waals surface area contributed by atoms with Gasteiger partial charge in [0.15, 0.2) is 0 Å². The van der Waals surface area contributed by atoms with Crippen molar-refractivity contribution in [3.63, 3.8) is 0 Å². The Morgan fingerprint density at radius 3 is 0.891 bits per heavy atom. The van der Waals surface area contributed by atoms with Gasteiger partial charge in [-0.1, -0.05) is 299 Å². The minimum absolute atomic E-state index is 0.224. The third-order valence-electron chi connectivity index (χ3n) is 18.5. The predicted octanol–water partition coefficient (Wildman–Crippen LogP) is 24.3. The number of aromatic hydroxyl groups is 2. The summed E-state index contributed by atoms with van der Waals surface area (Å²) in [5.41, 5.74) is 19.7. The molecule has 8 N–H and O–H groups in total. The lowest BCUT2D eigenvalue weighted by molar-refractivity contribution is 0.0686. The maximum Gasteiger partial charge on any atom is 0.335 e. The van der Waals surface area contributed by atoms with E-state index in [-0.39, 0.29) is 22.6 Å². The fourth-order valence-electron chi connectivity index (χ4n) is 13.0. The lowest BCUT2D eigenvalue weighted by atomic mass is 9.99. The number of halogens is 2. The number of carboxylic acids is 2. The first kappa shape index (κ1) is 71.5. The molecule has 0 radical (unpaired) electrons. The molecule has 532 valence electrons.